The Morgan fingerprint density at radius 2 is 1.41 bits per heavy atom. The van der Waals surface area contributed by atoms with Crippen molar-refractivity contribution in [2.24, 2.45) is 0 Å². The molecule has 0 aliphatic carbocycles. The second-order valence-electron chi connectivity index (χ2n) is 7.00. The number of anilines is 2. The second kappa shape index (κ2) is 9.52. The molecule has 0 bridgehead atoms. The van der Waals surface area contributed by atoms with Crippen LogP contribution in [0.15, 0.2) is 71.6 Å². The number of ether oxygens (including phenoxy) is 1. The molecule has 0 spiro atoms. The highest BCUT2D eigenvalue weighted by atomic mass is 32.2. The summed E-state index contributed by atoms with van der Waals surface area (Å²) in [5, 5.41) is 5.20. The summed E-state index contributed by atoms with van der Waals surface area (Å²) in [6.07, 6.45) is 0. The predicted molar refractivity (Wildman–Crippen MR) is 121 cm³/mol. The van der Waals surface area contributed by atoms with E-state index in [1.165, 1.54) is 37.4 Å². The minimum atomic E-state index is -4.23. The van der Waals surface area contributed by atoms with Crippen LogP contribution in [0.25, 0.3) is 0 Å². The van der Waals surface area contributed by atoms with Crippen LogP contribution in [0.3, 0.4) is 0 Å². The molecule has 3 aromatic carbocycles. The number of nitrogens with one attached hydrogen (secondary N) is 2. The summed E-state index contributed by atoms with van der Waals surface area (Å²) >= 11 is 0. The van der Waals surface area contributed by atoms with Gasteiger partial charge < -0.3 is 19.6 Å². The maximum absolute atomic E-state index is 12.8. The molecule has 0 aliphatic rings. The van der Waals surface area contributed by atoms with Crippen molar-refractivity contribution >= 4 is 33.5 Å². The summed E-state index contributed by atoms with van der Waals surface area (Å²) in [5.41, 5.74) is 2.58. The Balaban J connectivity index is 1.90. The van der Waals surface area contributed by atoms with Crippen molar-refractivity contribution in [1.29, 1.82) is 0 Å². The molecule has 0 fully saturated rings. The van der Waals surface area contributed by atoms with Gasteiger partial charge in [-0.15, -0.1) is 0 Å². The number of aryl methyl sites for hydroxylation is 2. The molecule has 0 saturated carbocycles. The second-order valence-corrected chi connectivity index (χ2v) is 8.54. The fourth-order valence-electron chi connectivity index (χ4n) is 2.73. The molecular formula is C23H22N2O6S. The van der Waals surface area contributed by atoms with E-state index in [4.69, 9.17) is 4.18 Å². The van der Waals surface area contributed by atoms with Gasteiger partial charge in [0.1, 0.15) is 4.90 Å². The quantitative estimate of drug-likeness (QED) is 0.419. The van der Waals surface area contributed by atoms with Crippen LogP contribution in [0.1, 0.15) is 21.5 Å². The molecular weight excluding hydrogens is 432 g/mol. The normalized spacial score (nSPS) is 10.8. The maximum atomic E-state index is 12.8. The molecule has 3 rings (SSSR count). The van der Waals surface area contributed by atoms with E-state index in [0.29, 0.717) is 5.69 Å². The molecule has 166 valence electrons. The summed E-state index contributed by atoms with van der Waals surface area (Å²) in [6.45, 7) is 3.75. The van der Waals surface area contributed by atoms with Crippen LogP contribution < -0.4 is 14.8 Å². The third kappa shape index (κ3) is 5.64. The molecule has 2 N–H and O–H groups in total. The highest BCUT2D eigenvalue weighted by Gasteiger charge is 2.21. The number of esters is 1. The molecule has 0 unspecified atom stereocenters. The van der Waals surface area contributed by atoms with Crippen LogP contribution in [-0.2, 0) is 14.9 Å². The van der Waals surface area contributed by atoms with Gasteiger partial charge in [-0.2, -0.15) is 8.42 Å². The minimum absolute atomic E-state index is 0.0537. The Bertz CT molecular complexity index is 1240. The molecule has 9 heteroatoms. The summed E-state index contributed by atoms with van der Waals surface area (Å²) in [4.78, 5) is 24.3. The third-order valence-corrected chi connectivity index (χ3v) is 5.72. The Labute approximate surface area is 186 Å². The monoisotopic (exact) mass is 454 g/mol. The van der Waals surface area contributed by atoms with Gasteiger partial charge in [-0.05, 0) is 56.3 Å². The van der Waals surface area contributed by atoms with E-state index in [1.54, 1.807) is 24.3 Å². The first-order valence-electron chi connectivity index (χ1n) is 9.56. The summed E-state index contributed by atoms with van der Waals surface area (Å²) in [6, 6.07) is 16.6. The number of carbonyl (C=O) groups excluding carboxylic acids is 2. The van der Waals surface area contributed by atoms with Crippen molar-refractivity contribution in [3.8, 4) is 5.75 Å². The van der Waals surface area contributed by atoms with Crippen LogP contribution in [0.4, 0.5) is 16.2 Å². The zero-order valence-corrected chi connectivity index (χ0v) is 18.5. The van der Waals surface area contributed by atoms with E-state index in [-0.39, 0.29) is 21.9 Å². The molecule has 0 atom stereocenters. The van der Waals surface area contributed by atoms with Crippen molar-refractivity contribution in [3.05, 3.63) is 83.4 Å². The van der Waals surface area contributed by atoms with E-state index in [9.17, 15) is 18.0 Å². The first kappa shape index (κ1) is 22.8. The Morgan fingerprint density at radius 1 is 0.812 bits per heavy atom. The predicted octanol–water partition coefficient (Wildman–Crippen LogP) is 4.50. The fourth-order valence-corrected chi connectivity index (χ4v) is 3.67. The highest BCUT2D eigenvalue weighted by molar-refractivity contribution is 7.87. The number of rotatable bonds is 6. The zero-order chi connectivity index (χ0) is 23.3. The van der Waals surface area contributed by atoms with E-state index in [2.05, 4.69) is 15.4 Å². The number of amides is 2. The lowest BCUT2D eigenvalue weighted by atomic mass is 10.2. The van der Waals surface area contributed by atoms with Crippen LogP contribution in [0.2, 0.25) is 0 Å². The number of benzene rings is 3. The number of urea groups is 1. The third-order valence-electron chi connectivity index (χ3n) is 4.47. The van der Waals surface area contributed by atoms with E-state index in [1.807, 2.05) is 26.0 Å². The summed E-state index contributed by atoms with van der Waals surface area (Å²) in [7, 11) is -3.02. The number of carbonyl (C=O) groups is 2. The van der Waals surface area contributed by atoms with Crippen LogP contribution >= 0.6 is 0 Å². The van der Waals surface area contributed by atoms with Gasteiger partial charge in [0.05, 0.1) is 18.4 Å². The van der Waals surface area contributed by atoms with Crippen molar-refractivity contribution in [2.45, 2.75) is 18.7 Å². The van der Waals surface area contributed by atoms with Gasteiger partial charge >= 0.3 is 22.1 Å². The van der Waals surface area contributed by atoms with Gasteiger partial charge in [0, 0.05) is 5.69 Å². The van der Waals surface area contributed by atoms with Crippen LogP contribution in [0, 0.1) is 13.8 Å². The molecule has 0 radical (unpaired) electrons. The summed E-state index contributed by atoms with van der Waals surface area (Å²) < 4.78 is 35.5. The summed E-state index contributed by atoms with van der Waals surface area (Å²) in [5.74, 6) is -0.911. The SMILES string of the molecule is COC(=O)c1ccc(NC(=O)Nc2ccc(C)cc2)c(OS(=O)(=O)c2ccc(C)cc2)c1. The van der Waals surface area contributed by atoms with Gasteiger partial charge in [-0.3, -0.25) is 0 Å². The first-order valence-corrected chi connectivity index (χ1v) is 11.0. The Hall–Kier alpha value is -3.85. The smallest absolute Gasteiger partial charge is 0.339 e. The van der Waals surface area contributed by atoms with E-state index >= 15 is 0 Å². The number of hydrogen-bond acceptors (Lipinski definition) is 6. The topological polar surface area (TPSA) is 111 Å². The average Bonchev–Trinajstić information content (AvgIpc) is 2.76. The van der Waals surface area contributed by atoms with Gasteiger partial charge in [0.15, 0.2) is 5.75 Å². The molecule has 2 amide bonds. The van der Waals surface area contributed by atoms with Crippen molar-refractivity contribution < 1.29 is 26.9 Å². The van der Waals surface area contributed by atoms with Crippen molar-refractivity contribution in [2.75, 3.05) is 17.7 Å². The van der Waals surface area contributed by atoms with Crippen molar-refractivity contribution in [1.82, 2.24) is 0 Å². The first-order chi connectivity index (χ1) is 15.2. The van der Waals surface area contributed by atoms with E-state index in [0.717, 1.165) is 11.1 Å². The number of methoxy groups -OCH3 is 1. The standard InChI is InChI=1S/C23H22N2O6S/c1-15-4-9-18(10-5-15)24-23(27)25-20-13-8-17(22(26)30-3)14-21(20)31-32(28,29)19-11-6-16(2)7-12-19/h4-14H,1-3H3,(H2,24,25,27). The molecule has 3 aromatic rings. The lowest BCUT2D eigenvalue weighted by Gasteiger charge is -2.14. The lowest BCUT2D eigenvalue weighted by molar-refractivity contribution is 0.0600. The highest BCUT2D eigenvalue weighted by Crippen LogP contribution is 2.30. The lowest BCUT2D eigenvalue weighted by Crippen LogP contribution is -2.21. The maximum Gasteiger partial charge on any atom is 0.339 e. The van der Waals surface area contributed by atoms with Gasteiger partial charge in [0.2, 0.25) is 0 Å². The molecule has 0 heterocycles. The van der Waals surface area contributed by atoms with Crippen LogP contribution in [-0.4, -0.2) is 27.5 Å². The average molecular weight is 455 g/mol. The van der Waals surface area contributed by atoms with Gasteiger partial charge in [-0.1, -0.05) is 35.4 Å². The molecule has 0 saturated heterocycles. The molecule has 0 aliphatic heterocycles. The van der Waals surface area contributed by atoms with Crippen LogP contribution in [0.5, 0.6) is 5.75 Å². The Morgan fingerprint density at radius 3 is 2.00 bits per heavy atom. The zero-order valence-electron chi connectivity index (χ0n) is 17.7. The number of hydrogen-bond donors (Lipinski definition) is 2. The van der Waals surface area contributed by atoms with Gasteiger partial charge in [-0.25, -0.2) is 9.59 Å². The minimum Gasteiger partial charge on any atom is -0.465 e. The fraction of sp³-hybridized carbons (Fsp3) is 0.130. The van der Waals surface area contributed by atoms with Crippen molar-refractivity contribution in [3.63, 3.8) is 0 Å². The molecule has 8 nitrogen and oxygen atoms in total. The molecule has 32 heavy (non-hydrogen) atoms. The van der Waals surface area contributed by atoms with Gasteiger partial charge in [0.25, 0.3) is 0 Å². The Kier molecular flexibility index (Phi) is 6.79. The van der Waals surface area contributed by atoms with E-state index < -0.39 is 22.1 Å². The molecule has 0 aromatic heterocycles. The largest absolute Gasteiger partial charge is 0.465 e.